The maximum atomic E-state index is 12.3. The average Bonchev–Trinajstić information content (AvgIpc) is 3.10. The van der Waals surface area contributed by atoms with E-state index in [0.29, 0.717) is 13.1 Å². The van der Waals surface area contributed by atoms with Gasteiger partial charge in [-0.05, 0) is 25.0 Å². The van der Waals surface area contributed by atoms with Crippen LogP contribution in [0.3, 0.4) is 0 Å². The lowest BCUT2D eigenvalue weighted by molar-refractivity contribution is 0.0794. The molecule has 2 saturated heterocycles. The van der Waals surface area contributed by atoms with Crippen molar-refractivity contribution in [3.8, 4) is 0 Å². The number of likely N-dealkylation sites (tertiary alicyclic amines) is 2. The van der Waals surface area contributed by atoms with Crippen LogP contribution in [0.15, 0.2) is 22.8 Å². The first-order valence-electron chi connectivity index (χ1n) is 7.12. The van der Waals surface area contributed by atoms with Crippen molar-refractivity contribution in [1.29, 1.82) is 0 Å². The Morgan fingerprint density at radius 3 is 2.90 bits per heavy atom. The molecule has 1 aromatic heterocycles. The Morgan fingerprint density at radius 1 is 1.43 bits per heavy atom. The number of hydrogen-bond acceptors (Lipinski definition) is 4. The molecule has 0 saturated carbocycles. The van der Waals surface area contributed by atoms with E-state index in [1.807, 2.05) is 12.1 Å². The van der Waals surface area contributed by atoms with Gasteiger partial charge in [-0.3, -0.25) is 0 Å². The standard InChI is InChI=1S/C14H19N3O4/c1-20-14(19)16-8-10(9-16)15-13(18)17-6-2-4-11(17)12-5-3-7-21-12/h3,5,7,10-11H,2,4,6,8-9H2,1H3,(H,15,18). The molecule has 3 rings (SSSR count). The van der Waals surface area contributed by atoms with Crippen LogP contribution < -0.4 is 5.32 Å². The predicted molar refractivity (Wildman–Crippen MR) is 73.7 cm³/mol. The van der Waals surface area contributed by atoms with E-state index in [0.717, 1.165) is 25.1 Å². The smallest absolute Gasteiger partial charge is 0.409 e. The van der Waals surface area contributed by atoms with Gasteiger partial charge in [0.15, 0.2) is 0 Å². The van der Waals surface area contributed by atoms with Crippen molar-refractivity contribution in [2.75, 3.05) is 26.7 Å². The fraction of sp³-hybridized carbons (Fsp3) is 0.571. The van der Waals surface area contributed by atoms with Gasteiger partial charge in [0.1, 0.15) is 5.76 Å². The van der Waals surface area contributed by atoms with Crippen LogP contribution in [0.4, 0.5) is 9.59 Å². The van der Waals surface area contributed by atoms with Crippen LogP contribution >= 0.6 is 0 Å². The minimum Gasteiger partial charge on any atom is -0.467 e. The normalized spacial score (nSPS) is 22.0. The largest absolute Gasteiger partial charge is 0.467 e. The molecule has 0 bridgehead atoms. The molecular weight excluding hydrogens is 274 g/mol. The number of rotatable bonds is 2. The predicted octanol–water partition coefficient (Wildman–Crippen LogP) is 1.58. The third-order valence-corrected chi connectivity index (χ3v) is 4.03. The second kappa shape index (κ2) is 5.67. The molecule has 2 fully saturated rings. The van der Waals surface area contributed by atoms with Crippen LogP contribution in [0.1, 0.15) is 24.6 Å². The number of carbonyl (C=O) groups excluding carboxylic acids is 2. The van der Waals surface area contributed by atoms with E-state index in [2.05, 4.69) is 10.1 Å². The molecule has 0 radical (unpaired) electrons. The highest BCUT2D eigenvalue weighted by atomic mass is 16.5. The quantitative estimate of drug-likeness (QED) is 0.898. The molecule has 1 unspecified atom stereocenters. The van der Waals surface area contributed by atoms with Crippen molar-refractivity contribution >= 4 is 12.1 Å². The van der Waals surface area contributed by atoms with E-state index in [4.69, 9.17) is 4.42 Å². The van der Waals surface area contributed by atoms with Crippen molar-refractivity contribution < 1.29 is 18.7 Å². The van der Waals surface area contributed by atoms with Gasteiger partial charge in [0.25, 0.3) is 0 Å². The maximum absolute atomic E-state index is 12.3. The second-order valence-corrected chi connectivity index (χ2v) is 5.39. The van der Waals surface area contributed by atoms with Crippen molar-refractivity contribution in [2.24, 2.45) is 0 Å². The second-order valence-electron chi connectivity index (χ2n) is 5.39. The molecule has 0 spiro atoms. The van der Waals surface area contributed by atoms with Gasteiger partial charge in [0.05, 0.1) is 25.5 Å². The number of hydrogen-bond donors (Lipinski definition) is 1. The van der Waals surface area contributed by atoms with Gasteiger partial charge in [-0.2, -0.15) is 0 Å². The van der Waals surface area contributed by atoms with Crippen molar-refractivity contribution in [2.45, 2.75) is 24.9 Å². The van der Waals surface area contributed by atoms with Gasteiger partial charge in [0, 0.05) is 19.6 Å². The highest BCUT2D eigenvalue weighted by molar-refractivity contribution is 5.76. The molecule has 7 heteroatoms. The molecule has 1 aromatic rings. The average molecular weight is 293 g/mol. The van der Waals surface area contributed by atoms with Crippen LogP contribution in [0, 0.1) is 0 Å². The van der Waals surface area contributed by atoms with Crippen molar-refractivity contribution in [3.05, 3.63) is 24.2 Å². The van der Waals surface area contributed by atoms with E-state index in [-0.39, 0.29) is 24.2 Å². The topological polar surface area (TPSA) is 75.0 Å². The number of nitrogens with one attached hydrogen (secondary N) is 1. The summed E-state index contributed by atoms with van der Waals surface area (Å²) in [5.41, 5.74) is 0. The molecule has 2 aliphatic rings. The monoisotopic (exact) mass is 293 g/mol. The molecule has 0 aliphatic carbocycles. The first-order valence-corrected chi connectivity index (χ1v) is 7.12. The van der Waals surface area contributed by atoms with E-state index in [9.17, 15) is 9.59 Å². The number of carbonyl (C=O) groups is 2. The lowest BCUT2D eigenvalue weighted by Crippen LogP contribution is -2.62. The zero-order chi connectivity index (χ0) is 14.8. The summed E-state index contributed by atoms with van der Waals surface area (Å²) in [4.78, 5) is 27.0. The Labute approximate surface area is 122 Å². The van der Waals surface area contributed by atoms with E-state index in [1.165, 1.54) is 7.11 Å². The molecule has 1 atom stereocenters. The van der Waals surface area contributed by atoms with Crippen LogP contribution in [0.5, 0.6) is 0 Å². The number of ether oxygens (including phenoxy) is 1. The lowest BCUT2D eigenvalue weighted by Gasteiger charge is -2.39. The van der Waals surface area contributed by atoms with Gasteiger partial charge >= 0.3 is 12.1 Å². The first-order chi connectivity index (χ1) is 10.2. The summed E-state index contributed by atoms with van der Waals surface area (Å²) < 4.78 is 10.0. The Hall–Kier alpha value is -2.18. The van der Waals surface area contributed by atoms with Gasteiger partial charge in [0.2, 0.25) is 0 Å². The van der Waals surface area contributed by atoms with Gasteiger partial charge < -0.3 is 24.3 Å². The summed E-state index contributed by atoms with van der Waals surface area (Å²) in [6, 6.07) is 3.65. The molecule has 2 aliphatic heterocycles. The number of furan rings is 1. The van der Waals surface area contributed by atoms with Gasteiger partial charge in [-0.15, -0.1) is 0 Å². The third kappa shape index (κ3) is 2.68. The number of nitrogens with zero attached hydrogens (tertiary/aromatic N) is 2. The SMILES string of the molecule is COC(=O)N1CC(NC(=O)N2CCCC2c2ccco2)C1. The minimum atomic E-state index is -0.352. The number of amides is 3. The number of methoxy groups -OCH3 is 1. The van der Waals surface area contributed by atoms with E-state index in [1.54, 1.807) is 16.1 Å². The fourth-order valence-corrected chi connectivity index (χ4v) is 2.89. The Bertz CT molecular complexity index is 510. The highest BCUT2D eigenvalue weighted by Crippen LogP contribution is 2.32. The molecular formula is C14H19N3O4. The van der Waals surface area contributed by atoms with E-state index < -0.39 is 0 Å². The molecule has 3 amide bonds. The highest BCUT2D eigenvalue weighted by Gasteiger charge is 2.36. The van der Waals surface area contributed by atoms with E-state index >= 15 is 0 Å². The fourth-order valence-electron chi connectivity index (χ4n) is 2.89. The van der Waals surface area contributed by atoms with Crippen LogP contribution in [0.25, 0.3) is 0 Å². The molecule has 21 heavy (non-hydrogen) atoms. The molecule has 114 valence electrons. The van der Waals surface area contributed by atoms with Crippen molar-refractivity contribution in [3.63, 3.8) is 0 Å². The molecule has 1 N–H and O–H groups in total. The summed E-state index contributed by atoms with van der Waals surface area (Å²) in [6.07, 6.45) is 3.16. The Kier molecular flexibility index (Phi) is 3.72. The summed E-state index contributed by atoms with van der Waals surface area (Å²) in [6.45, 7) is 1.72. The van der Waals surface area contributed by atoms with Crippen LogP contribution in [-0.2, 0) is 4.74 Å². The minimum absolute atomic E-state index is 0.00514. The summed E-state index contributed by atoms with van der Waals surface area (Å²) in [5, 5.41) is 2.96. The van der Waals surface area contributed by atoms with Gasteiger partial charge in [-0.1, -0.05) is 0 Å². The zero-order valence-electron chi connectivity index (χ0n) is 11.9. The molecule has 0 aromatic carbocycles. The summed E-state index contributed by atoms with van der Waals surface area (Å²) in [5.74, 6) is 0.826. The molecule has 7 nitrogen and oxygen atoms in total. The summed E-state index contributed by atoms with van der Waals surface area (Å²) >= 11 is 0. The van der Waals surface area contributed by atoms with Gasteiger partial charge in [-0.25, -0.2) is 9.59 Å². The third-order valence-electron chi connectivity index (χ3n) is 4.03. The molecule has 3 heterocycles. The van der Waals surface area contributed by atoms with Crippen LogP contribution in [-0.4, -0.2) is 54.7 Å². The lowest BCUT2D eigenvalue weighted by atomic mass is 10.1. The first kappa shape index (κ1) is 13.8. The number of urea groups is 1. The Balaban J connectivity index is 1.53. The zero-order valence-corrected chi connectivity index (χ0v) is 11.9. The van der Waals surface area contributed by atoms with Crippen molar-refractivity contribution in [1.82, 2.24) is 15.1 Å². The Morgan fingerprint density at radius 2 is 2.24 bits per heavy atom. The summed E-state index contributed by atoms with van der Waals surface area (Å²) in [7, 11) is 1.35. The van der Waals surface area contributed by atoms with Crippen LogP contribution in [0.2, 0.25) is 0 Å². The maximum Gasteiger partial charge on any atom is 0.409 e.